The van der Waals surface area contributed by atoms with Gasteiger partial charge >= 0.3 is 0 Å². The molecule has 0 unspecified atom stereocenters. The van der Waals surface area contributed by atoms with E-state index in [-0.39, 0.29) is 23.6 Å². The molecule has 7 nitrogen and oxygen atoms in total. The van der Waals surface area contributed by atoms with Gasteiger partial charge in [0.2, 0.25) is 6.41 Å². The van der Waals surface area contributed by atoms with E-state index in [1.165, 1.54) is 31.4 Å². The Morgan fingerprint density at radius 1 is 1.32 bits per heavy atom. The molecule has 1 fully saturated rings. The van der Waals surface area contributed by atoms with Crippen LogP contribution >= 0.6 is 0 Å². The summed E-state index contributed by atoms with van der Waals surface area (Å²) in [4.78, 5) is 23.3. The number of ether oxygens (including phenoxy) is 1. The van der Waals surface area contributed by atoms with E-state index in [1.54, 1.807) is 0 Å². The molecule has 0 bridgehead atoms. The highest BCUT2D eigenvalue weighted by Gasteiger charge is 2.35. The number of sulfonamides is 1. The lowest BCUT2D eigenvalue weighted by atomic mass is 10.1. The lowest BCUT2D eigenvalue weighted by molar-refractivity contribution is -0.126. The molecule has 8 heteroatoms. The van der Waals surface area contributed by atoms with Crippen LogP contribution in [0.3, 0.4) is 0 Å². The Balaban J connectivity index is 2.34. The third-order valence-corrected chi connectivity index (χ3v) is 5.31. The van der Waals surface area contributed by atoms with Crippen molar-refractivity contribution in [1.82, 2.24) is 9.62 Å². The first-order chi connectivity index (χ1) is 10.5. The Labute approximate surface area is 129 Å². The molecular weight excluding hydrogens is 308 g/mol. The second kappa shape index (κ2) is 6.89. The summed E-state index contributed by atoms with van der Waals surface area (Å²) in [6, 6.07) is 4.73. The molecule has 0 radical (unpaired) electrons. The number of carbonyl (C=O) groups excluding carboxylic acids is 2. The summed E-state index contributed by atoms with van der Waals surface area (Å²) in [5, 5.41) is 2.91. The number of hydrogen-bond donors (Lipinski definition) is 1. The molecule has 1 aromatic rings. The maximum atomic E-state index is 12.6. The highest BCUT2D eigenvalue weighted by Crippen LogP contribution is 2.22. The van der Waals surface area contributed by atoms with Gasteiger partial charge in [0.25, 0.3) is 10.0 Å². The second-order valence-corrected chi connectivity index (χ2v) is 6.76. The first-order valence-electron chi connectivity index (χ1n) is 6.87. The minimum absolute atomic E-state index is 0.0505. The minimum Gasteiger partial charge on any atom is -0.497 e. The summed E-state index contributed by atoms with van der Waals surface area (Å²) < 4.78 is 30.8. The summed E-state index contributed by atoms with van der Waals surface area (Å²) in [5.74, 6) is 0.202. The van der Waals surface area contributed by atoms with Gasteiger partial charge in [-0.25, -0.2) is 12.7 Å². The first-order valence-corrected chi connectivity index (χ1v) is 8.31. The van der Waals surface area contributed by atoms with Gasteiger partial charge in [0.15, 0.2) is 5.78 Å². The van der Waals surface area contributed by atoms with Crippen LogP contribution in [-0.4, -0.2) is 51.2 Å². The van der Waals surface area contributed by atoms with Crippen LogP contribution in [0.5, 0.6) is 5.75 Å². The molecule has 0 aliphatic carbocycles. The SMILES string of the molecule is COc1ccc(S(=O)(=O)N(C=O)[C@H]2CCCNCC2=O)cc1. The number of Topliss-reactive ketones (excluding diaryl/α,β-unsaturated/α-hetero) is 1. The van der Waals surface area contributed by atoms with Crippen molar-refractivity contribution < 1.29 is 22.7 Å². The van der Waals surface area contributed by atoms with Crippen molar-refractivity contribution in [3.8, 4) is 5.75 Å². The van der Waals surface area contributed by atoms with E-state index in [1.807, 2.05) is 0 Å². The van der Waals surface area contributed by atoms with Crippen molar-refractivity contribution in [3.63, 3.8) is 0 Å². The smallest absolute Gasteiger partial charge is 0.266 e. The normalized spacial score (nSPS) is 19.3. The molecule has 2 rings (SSSR count). The standard InChI is InChI=1S/C14H18N2O5S/c1-21-11-4-6-12(7-5-11)22(19,20)16(10-17)13-3-2-8-15-9-14(13)18/h4-7,10,13,15H,2-3,8-9H2,1H3/t13-/m0/s1. The molecule has 1 heterocycles. The maximum Gasteiger partial charge on any atom is 0.266 e. The zero-order valence-corrected chi connectivity index (χ0v) is 13.0. The van der Waals surface area contributed by atoms with E-state index in [0.717, 1.165) is 0 Å². The fourth-order valence-electron chi connectivity index (χ4n) is 2.35. The van der Waals surface area contributed by atoms with E-state index in [9.17, 15) is 18.0 Å². The first kappa shape index (κ1) is 16.4. The van der Waals surface area contributed by atoms with Gasteiger partial charge in [-0.05, 0) is 43.7 Å². The van der Waals surface area contributed by atoms with Gasteiger partial charge < -0.3 is 10.1 Å². The Bertz CT molecular complexity index is 642. The number of nitrogens with one attached hydrogen (secondary N) is 1. The van der Waals surface area contributed by atoms with Gasteiger partial charge in [0, 0.05) is 0 Å². The van der Waals surface area contributed by atoms with Gasteiger partial charge in [-0.2, -0.15) is 0 Å². The number of hydrogen-bond acceptors (Lipinski definition) is 6. The Kier molecular flexibility index (Phi) is 5.15. The molecule has 0 aromatic heterocycles. The number of rotatable bonds is 5. The molecular formula is C14H18N2O5S. The zero-order chi connectivity index (χ0) is 16.2. The fraction of sp³-hybridized carbons (Fsp3) is 0.429. The Hall–Kier alpha value is -1.93. The number of carbonyl (C=O) groups is 2. The summed E-state index contributed by atoms with van der Waals surface area (Å²) in [6.07, 6.45) is 1.16. The molecule has 0 saturated carbocycles. The lowest BCUT2D eigenvalue weighted by Crippen LogP contribution is -2.45. The average molecular weight is 326 g/mol. The van der Waals surface area contributed by atoms with Crippen LogP contribution in [0.1, 0.15) is 12.8 Å². The average Bonchev–Trinajstić information content (AvgIpc) is 2.73. The van der Waals surface area contributed by atoms with E-state index < -0.39 is 16.1 Å². The topological polar surface area (TPSA) is 92.8 Å². The second-order valence-electron chi connectivity index (χ2n) is 4.92. The van der Waals surface area contributed by atoms with Gasteiger partial charge in [0.1, 0.15) is 11.8 Å². The van der Waals surface area contributed by atoms with Gasteiger partial charge in [-0.1, -0.05) is 0 Å². The van der Waals surface area contributed by atoms with Crippen LogP contribution in [0, 0.1) is 0 Å². The van der Waals surface area contributed by atoms with Crippen LogP contribution < -0.4 is 10.1 Å². The number of nitrogens with zero attached hydrogens (tertiary/aromatic N) is 1. The predicted octanol–water partition coefficient (Wildman–Crippen LogP) is 0.163. The van der Waals surface area contributed by atoms with Crippen molar-refractivity contribution in [2.45, 2.75) is 23.8 Å². The number of ketones is 1. The highest BCUT2D eigenvalue weighted by atomic mass is 32.2. The number of benzene rings is 1. The quantitative estimate of drug-likeness (QED) is 0.775. The summed E-state index contributed by atoms with van der Waals surface area (Å²) >= 11 is 0. The number of methoxy groups -OCH3 is 1. The monoisotopic (exact) mass is 326 g/mol. The van der Waals surface area contributed by atoms with Crippen molar-refractivity contribution in [3.05, 3.63) is 24.3 Å². The Morgan fingerprint density at radius 2 is 2.00 bits per heavy atom. The highest BCUT2D eigenvalue weighted by molar-refractivity contribution is 7.89. The molecule has 1 N–H and O–H groups in total. The third kappa shape index (κ3) is 3.28. The minimum atomic E-state index is -4.06. The lowest BCUT2D eigenvalue weighted by Gasteiger charge is -2.25. The van der Waals surface area contributed by atoms with Gasteiger partial charge in [-0.3, -0.25) is 9.59 Å². The molecule has 1 amide bonds. The molecule has 1 atom stereocenters. The van der Waals surface area contributed by atoms with Gasteiger partial charge in [0.05, 0.1) is 18.6 Å². The summed E-state index contributed by atoms with van der Waals surface area (Å²) in [6.45, 7) is 0.685. The number of amides is 1. The Morgan fingerprint density at radius 3 is 2.59 bits per heavy atom. The van der Waals surface area contributed by atoms with Crippen LogP contribution in [0.15, 0.2) is 29.2 Å². The third-order valence-electron chi connectivity index (χ3n) is 3.55. The predicted molar refractivity (Wildman–Crippen MR) is 79.0 cm³/mol. The van der Waals surface area contributed by atoms with E-state index in [0.29, 0.717) is 29.4 Å². The molecule has 1 saturated heterocycles. The van der Waals surface area contributed by atoms with Crippen molar-refractivity contribution in [2.24, 2.45) is 0 Å². The molecule has 0 spiro atoms. The van der Waals surface area contributed by atoms with Gasteiger partial charge in [-0.15, -0.1) is 0 Å². The van der Waals surface area contributed by atoms with Crippen LogP contribution in [0.2, 0.25) is 0 Å². The summed E-state index contributed by atoms with van der Waals surface area (Å²) in [5.41, 5.74) is 0. The molecule has 1 aliphatic heterocycles. The van der Waals surface area contributed by atoms with Crippen molar-refractivity contribution in [2.75, 3.05) is 20.2 Å². The molecule has 1 aliphatic rings. The summed E-state index contributed by atoms with van der Waals surface area (Å²) in [7, 11) is -2.59. The largest absolute Gasteiger partial charge is 0.497 e. The van der Waals surface area contributed by atoms with Crippen LogP contribution in [0.4, 0.5) is 0 Å². The van der Waals surface area contributed by atoms with E-state index in [2.05, 4.69) is 5.32 Å². The molecule has 22 heavy (non-hydrogen) atoms. The molecule has 120 valence electrons. The van der Waals surface area contributed by atoms with Crippen LogP contribution in [0.25, 0.3) is 0 Å². The van der Waals surface area contributed by atoms with Crippen LogP contribution in [-0.2, 0) is 19.6 Å². The van der Waals surface area contributed by atoms with E-state index in [4.69, 9.17) is 4.74 Å². The fourth-order valence-corrected chi connectivity index (χ4v) is 3.74. The van der Waals surface area contributed by atoms with E-state index >= 15 is 0 Å². The zero-order valence-electron chi connectivity index (χ0n) is 12.2. The molecule has 1 aromatic carbocycles. The maximum absolute atomic E-state index is 12.6. The van der Waals surface area contributed by atoms with Crippen molar-refractivity contribution in [1.29, 1.82) is 0 Å². The van der Waals surface area contributed by atoms with Crippen molar-refractivity contribution >= 4 is 22.2 Å².